The lowest BCUT2D eigenvalue weighted by Gasteiger charge is -2.08. The van der Waals surface area contributed by atoms with Crippen LogP contribution in [0, 0.1) is 0 Å². The molecule has 0 bridgehead atoms. The van der Waals surface area contributed by atoms with Gasteiger partial charge in [-0.1, -0.05) is 6.07 Å². The van der Waals surface area contributed by atoms with Crippen molar-refractivity contribution in [2.45, 2.75) is 11.6 Å². The number of primary sulfonamides is 1. The van der Waals surface area contributed by atoms with E-state index in [1.54, 1.807) is 36.8 Å². The molecule has 0 amide bonds. The third-order valence-electron chi connectivity index (χ3n) is 4.14. The van der Waals surface area contributed by atoms with Crippen LogP contribution in [0.5, 0.6) is 5.75 Å². The van der Waals surface area contributed by atoms with Crippen LogP contribution in [0.2, 0.25) is 0 Å². The summed E-state index contributed by atoms with van der Waals surface area (Å²) < 4.78 is 24.4. The number of aromatic nitrogens is 4. The van der Waals surface area contributed by atoms with Crippen LogP contribution in [0.1, 0.15) is 5.56 Å². The van der Waals surface area contributed by atoms with E-state index < -0.39 is 10.0 Å². The summed E-state index contributed by atoms with van der Waals surface area (Å²) >= 11 is 0. The Morgan fingerprint density at radius 3 is 2.50 bits per heavy atom. The minimum Gasteiger partial charge on any atom is -0.508 e. The number of nitrogens with zero attached hydrogens (tertiary/aromatic N) is 4. The summed E-state index contributed by atoms with van der Waals surface area (Å²) in [7, 11) is -3.81. The zero-order chi connectivity index (χ0) is 19.7. The SMILES string of the molecule is NS(=O)(=O)c1ccc(CNc2nccn3c(-c4ccc(O)cc4)cnc23)cn1. The molecule has 0 fully saturated rings. The zero-order valence-electron chi connectivity index (χ0n) is 14.5. The van der Waals surface area contributed by atoms with Gasteiger partial charge in [-0.15, -0.1) is 0 Å². The summed E-state index contributed by atoms with van der Waals surface area (Å²) in [6.07, 6.45) is 6.64. The Balaban J connectivity index is 1.59. The monoisotopic (exact) mass is 396 g/mol. The number of hydrogen-bond acceptors (Lipinski definition) is 7. The van der Waals surface area contributed by atoms with E-state index >= 15 is 0 Å². The maximum Gasteiger partial charge on any atom is 0.255 e. The lowest BCUT2D eigenvalue weighted by molar-refractivity contribution is 0.475. The van der Waals surface area contributed by atoms with Gasteiger partial charge in [0.2, 0.25) is 0 Å². The third kappa shape index (κ3) is 3.50. The highest BCUT2D eigenvalue weighted by Gasteiger charge is 2.11. The first-order valence-electron chi connectivity index (χ1n) is 8.25. The van der Waals surface area contributed by atoms with Gasteiger partial charge in [-0.05, 0) is 35.9 Å². The Kier molecular flexibility index (Phi) is 4.41. The molecule has 0 aliphatic heterocycles. The molecule has 3 heterocycles. The largest absolute Gasteiger partial charge is 0.508 e. The van der Waals surface area contributed by atoms with Crippen LogP contribution in [0.4, 0.5) is 5.82 Å². The number of hydrogen-bond donors (Lipinski definition) is 3. The first-order valence-corrected chi connectivity index (χ1v) is 9.79. The van der Waals surface area contributed by atoms with Crippen molar-refractivity contribution in [3.63, 3.8) is 0 Å². The predicted molar refractivity (Wildman–Crippen MR) is 103 cm³/mol. The molecule has 28 heavy (non-hydrogen) atoms. The number of nitrogens with one attached hydrogen (secondary N) is 1. The lowest BCUT2D eigenvalue weighted by Crippen LogP contribution is -2.14. The van der Waals surface area contributed by atoms with Gasteiger partial charge in [0.05, 0.1) is 11.9 Å². The molecule has 0 aliphatic carbocycles. The molecule has 4 rings (SSSR count). The molecule has 4 N–H and O–H groups in total. The molecule has 0 saturated heterocycles. The number of pyridine rings is 1. The summed E-state index contributed by atoms with van der Waals surface area (Å²) in [6.45, 7) is 0.381. The third-order valence-corrected chi connectivity index (χ3v) is 4.96. The highest BCUT2D eigenvalue weighted by atomic mass is 32.2. The minimum absolute atomic E-state index is 0.178. The fourth-order valence-electron chi connectivity index (χ4n) is 2.76. The van der Waals surface area contributed by atoms with Gasteiger partial charge in [-0.2, -0.15) is 0 Å². The van der Waals surface area contributed by atoms with E-state index in [0.29, 0.717) is 18.0 Å². The minimum atomic E-state index is -3.81. The van der Waals surface area contributed by atoms with Crippen LogP contribution < -0.4 is 10.5 Å². The Hall–Kier alpha value is -3.50. The summed E-state index contributed by atoms with van der Waals surface area (Å²) in [5.41, 5.74) is 3.17. The van der Waals surface area contributed by atoms with E-state index in [0.717, 1.165) is 16.8 Å². The van der Waals surface area contributed by atoms with Crippen LogP contribution in [-0.4, -0.2) is 32.9 Å². The van der Waals surface area contributed by atoms with Gasteiger partial charge in [-0.3, -0.25) is 4.40 Å². The first kappa shape index (κ1) is 17.9. The number of imidazole rings is 1. The normalized spacial score (nSPS) is 11.6. The van der Waals surface area contributed by atoms with E-state index in [9.17, 15) is 13.5 Å². The van der Waals surface area contributed by atoms with Gasteiger partial charge >= 0.3 is 0 Å². The van der Waals surface area contributed by atoms with Crippen molar-refractivity contribution in [2.24, 2.45) is 5.14 Å². The van der Waals surface area contributed by atoms with Crippen LogP contribution in [-0.2, 0) is 16.6 Å². The molecule has 3 aromatic heterocycles. The molecule has 0 radical (unpaired) electrons. The van der Waals surface area contributed by atoms with Gasteiger partial charge in [0, 0.05) is 30.7 Å². The molecule has 4 aromatic rings. The quantitative estimate of drug-likeness (QED) is 0.468. The number of benzene rings is 1. The van der Waals surface area contributed by atoms with E-state index in [-0.39, 0.29) is 10.8 Å². The summed E-state index contributed by atoms with van der Waals surface area (Å²) in [5.74, 6) is 0.770. The van der Waals surface area contributed by atoms with Crippen molar-refractivity contribution in [3.05, 3.63) is 66.7 Å². The average Bonchev–Trinajstić information content (AvgIpc) is 3.11. The standard InChI is InChI=1S/C18H16N6O3S/c19-28(26,27)16-6-1-12(9-21-16)10-22-17-18-23-11-15(24(18)8-7-20-17)13-2-4-14(25)5-3-13/h1-9,11,25H,10H2,(H,20,22)(H2,19,26,27). The van der Waals surface area contributed by atoms with Crippen molar-refractivity contribution in [1.29, 1.82) is 0 Å². The maximum absolute atomic E-state index is 11.3. The van der Waals surface area contributed by atoms with Crippen molar-refractivity contribution < 1.29 is 13.5 Å². The van der Waals surface area contributed by atoms with Crippen molar-refractivity contribution in [3.8, 4) is 17.0 Å². The van der Waals surface area contributed by atoms with Crippen LogP contribution in [0.3, 0.4) is 0 Å². The molecule has 0 aliphatic rings. The Bertz CT molecular complexity index is 1230. The second-order valence-electron chi connectivity index (χ2n) is 6.06. The maximum atomic E-state index is 11.3. The summed E-state index contributed by atoms with van der Waals surface area (Å²) in [5, 5.41) is 17.5. The van der Waals surface area contributed by atoms with Gasteiger partial charge < -0.3 is 10.4 Å². The number of nitrogens with two attached hydrogens (primary N) is 1. The van der Waals surface area contributed by atoms with Crippen LogP contribution >= 0.6 is 0 Å². The Morgan fingerprint density at radius 1 is 1.04 bits per heavy atom. The van der Waals surface area contributed by atoms with E-state index in [1.165, 1.54) is 12.3 Å². The van der Waals surface area contributed by atoms with Gasteiger partial charge in [0.25, 0.3) is 10.0 Å². The molecule has 10 heteroatoms. The number of phenols is 1. The second-order valence-corrected chi connectivity index (χ2v) is 7.57. The molecule has 0 saturated carbocycles. The number of anilines is 1. The summed E-state index contributed by atoms with van der Waals surface area (Å²) in [4.78, 5) is 12.6. The van der Waals surface area contributed by atoms with Crippen LogP contribution in [0.15, 0.2) is 66.2 Å². The van der Waals surface area contributed by atoms with Crippen molar-refractivity contribution in [1.82, 2.24) is 19.4 Å². The number of fused-ring (bicyclic) bond motifs is 1. The predicted octanol–water partition coefficient (Wildman–Crippen LogP) is 1.76. The molecule has 0 atom stereocenters. The van der Waals surface area contributed by atoms with E-state index in [1.807, 2.05) is 16.5 Å². The van der Waals surface area contributed by atoms with Gasteiger partial charge in [0.15, 0.2) is 16.5 Å². The molecular formula is C18H16N6O3S. The van der Waals surface area contributed by atoms with Gasteiger partial charge in [-0.25, -0.2) is 28.5 Å². The summed E-state index contributed by atoms with van der Waals surface area (Å²) in [6, 6.07) is 9.85. The van der Waals surface area contributed by atoms with Crippen molar-refractivity contribution >= 4 is 21.5 Å². The highest BCUT2D eigenvalue weighted by molar-refractivity contribution is 7.89. The molecule has 9 nitrogen and oxygen atoms in total. The van der Waals surface area contributed by atoms with Gasteiger partial charge in [0.1, 0.15) is 5.75 Å². The fourth-order valence-corrected chi connectivity index (χ4v) is 3.22. The topological polar surface area (TPSA) is 136 Å². The fraction of sp³-hybridized carbons (Fsp3) is 0.0556. The number of phenolic OH excluding ortho intramolecular Hbond substituents is 1. The van der Waals surface area contributed by atoms with E-state index in [4.69, 9.17) is 5.14 Å². The molecular weight excluding hydrogens is 380 g/mol. The first-order chi connectivity index (χ1) is 13.4. The Morgan fingerprint density at radius 2 is 1.82 bits per heavy atom. The molecule has 0 unspecified atom stereocenters. The number of sulfonamides is 1. The van der Waals surface area contributed by atoms with Crippen molar-refractivity contribution in [2.75, 3.05) is 5.32 Å². The highest BCUT2D eigenvalue weighted by Crippen LogP contribution is 2.25. The molecule has 1 aromatic carbocycles. The number of aromatic hydroxyl groups is 1. The number of rotatable bonds is 5. The molecule has 142 valence electrons. The van der Waals surface area contributed by atoms with Crippen LogP contribution in [0.25, 0.3) is 16.9 Å². The van der Waals surface area contributed by atoms with E-state index in [2.05, 4.69) is 20.3 Å². The molecule has 0 spiro atoms. The second kappa shape index (κ2) is 6.91. The average molecular weight is 396 g/mol. The lowest BCUT2D eigenvalue weighted by atomic mass is 10.1. The zero-order valence-corrected chi connectivity index (χ0v) is 15.3. The Labute approximate surface area is 160 Å². The smallest absolute Gasteiger partial charge is 0.255 e.